The van der Waals surface area contributed by atoms with Crippen LogP contribution in [0.15, 0.2) is 5.16 Å². The Morgan fingerprint density at radius 2 is 1.28 bits per heavy atom. The van der Waals surface area contributed by atoms with Crippen LogP contribution in [-0.2, 0) is 42.6 Å². The van der Waals surface area contributed by atoms with Crippen molar-refractivity contribution in [2.75, 3.05) is 13.2 Å². The summed E-state index contributed by atoms with van der Waals surface area (Å²) in [6.45, 7) is 14.4. The Morgan fingerprint density at radius 1 is 0.744 bits per heavy atom. The maximum absolute atomic E-state index is 12.8. The first-order valence-corrected chi connectivity index (χ1v) is 13.3. The monoisotopic (exact) mass is 560 g/mol. The summed E-state index contributed by atoms with van der Waals surface area (Å²) < 4.78 is 54.9. The summed E-state index contributed by atoms with van der Waals surface area (Å²) in [6, 6.07) is -1.48. The standard InChI is InChI=1S/C25H40N2O12/c1-22(2)32-11-14(34-22)18-16(35-24(5,6)37-18)12(9-26-28)15(27(29)30)19-21-20(38-25(7,8)39-21)17-13(33-19)10-31-23(3,4)36-17/h9,12-21,28H,10-11H2,1-8H3/b26-9+/t12-,13-,14-,15-,16-,17-,18-,19+,20+,21-/m1/s1. The SMILES string of the molecule is CC1(C)O[C@@H]2[C@H](O1)[C@H]([C@@H]([C@@H](/C=N/O)[C@H]1OC(C)(C)O[C@@H]1[C@H]1COC(C)(C)O1)[N+](=O)[O-])O[C@@H]1COC(C)(C)O[C@@H]21. The van der Waals surface area contributed by atoms with Gasteiger partial charge in [0.15, 0.2) is 29.3 Å². The third-order valence-corrected chi connectivity index (χ3v) is 7.68. The predicted molar refractivity (Wildman–Crippen MR) is 131 cm³/mol. The molecule has 0 unspecified atom stereocenters. The van der Waals surface area contributed by atoms with E-state index < -0.39 is 88.9 Å². The van der Waals surface area contributed by atoms with Crippen molar-refractivity contribution in [1.82, 2.24) is 0 Å². The molecule has 14 heteroatoms. The van der Waals surface area contributed by atoms with Crippen LogP contribution in [0.25, 0.3) is 0 Å². The van der Waals surface area contributed by atoms with Gasteiger partial charge in [0.1, 0.15) is 42.7 Å². The molecule has 0 spiro atoms. The van der Waals surface area contributed by atoms with Crippen molar-refractivity contribution in [1.29, 1.82) is 0 Å². The van der Waals surface area contributed by atoms with Crippen molar-refractivity contribution in [3.8, 4) is 0 Å². The normalized spacial score (nSPS) is 43.6. The van der Waals surface area contributed by atoms with Gasteiger partial charge >= 0.3 is 0 Å². The zero-order valence-electron chi connectivity index (χ0n) is 23.6. The number of hydrogen-bond donors (Lipinski definition) is 1. The lowest BCUT2D eigenvalue weighted by Gasteiger charge is -2.49. The molecular weight excluding hydrogens is 520 g/mol. The van der Waals surface area contributed by atoms with Crippen molar-refractivity contribution >= 4 is 6.21 Å². The number of fused-ring (bicyclic) bond motifs is 3. The van der Waals surface area contributed by atoms with Crippen LogP contribution >= 0.6 is 0 Å². The van der Waals surface area contributed by atoms with E-state index in [1.54, 1.807) is 55.4 Å². The van der Waals surface area contributed by atoms with Crippen molar-refractivity contribution in [2.45, 2.75) is 133 Å². The number of nitro groups is 1. The van der Waals surface area contributed by atoms with Crippen LogP contribution in [-0.4, -0.2) is 108 Å². The summed E-state index contributed by atoms with van der Waals surface area (Å²) >= 11 is 0. The van der Waals surface area contributed by atoms with Crippen LogP contribution in [0.5, 0.6) is 0 Å². The highest BCUT2D eigenvalue weighted by atomic mass is 16.8. The Balaban J connectivity index is 1.50. The van der Waals surface area contributed by atoms with Crippen molar-refractivity contribution in [3.63, 3.8) is 0 Å². The lowest BCUT2D eigenvalue weighted by atomic mass is 9.81. The smallest absolute Gasteiger partial charge is 0.251 e. The summed E-state index contributed by atoms with van der Waals surface area (Å²) in [5.41, 5.74) is 0. The molecule has 5 heterocycles. The van der Waals surface area contributed by atoms with Gasteiger partial charge in [-0.3, -0.25) is 10.1 Å². The van der Waals surface area contributed by atoms with Crippen LogP contribution in [0.2, 0.25) is 0 Å². The topological polar surface area (TPSA) is 159 Å². The molecular formula is C25H40N2O12. The van der Waals surface area contributed by atoms with Crippen molar-refractivity contribution in [2.24, 2.45) is 11.1 Å². The Hall–Kier alpha value is -1.49. The highest BCUT2D eigenvalue weighted by Crippen LogP contribution is 2.46. The van der Waals surface area contributed by atoms with Crippen molar-refractivity contribution in [3.05, 3.63) is 10.1 Å². The molecule has 0 aliphatic carbocycles. The van der Waals surface area contributed by atoms with Gasteiger partial charge in [-0.15, -0.1) is 5.16 Å². The predicted octanol–water partition coefficient (Wildman–Crippen LogP) is 1.82. The summed E-state index contributed by atoms with van der Waals surface area (Å²) in [7, 11) is 0. The second-order valence-corrected chi connectivity index (χ2v) is 12.5. The van der Waals surface area contributed by atoms with E-state index in [9.17, 15) is 15.3 Å². The first-order chi connectivity index (χ1) is 18.0. The first kappa shape index (κ1) is 29.0. The molecule has 0 aromatic rings. The lowest BCUT2D eigenvalue weighted by Crippen LogP contribution is -2.67. The number of nitrogens with zero attached hydrogens (tertiary/aromatic N) is 2. The molecule has 14 nitrogen and oxygen atoms in total. The quantitative estimate of drug-likeness (QED) is 0.218. The van der Waals surface area contributed by atoms with Gasteiger partial charge in [-0.05, 0) is 55.4 Å². The molecule has 1 N–H and O–H groups in total. The number of ether oxygens (including phenoxy) is 9. The number of hydrogen-bond acceptors (Lipinski definition) is 13. The van der Waals surface area contributed by atoms with E-state index in [4.69, 9.17) is 42.6 Å². The van der Waals surface area contributed by atoms with Crippen LogP contribution < -0.4 is 0 Å². The molecule has 5 saturated heterocycles. The maximum Gasteiger partial charge on any atom is 0.251 e. The Labute approximate surface area is 227 Å². The average molecular weight is 561 g/mol. The molecule has 0 saturated carbocycles. The third-order valence-electron chi connectivity index (χ3n) is 7.68. The molecule has 222 valence electrons. The second-order valence-electron chi connectivity index (χ2n) is 12.5. The molecule has 39 heavy (non-hydrogen) atoms. The first-order valence-electron chi connectivity index (χ1n) is 13.3. The van der Waals surface area contributed by atoms with Gasteiger partial charge in [0.2, 0.25) is 0 Å². The van der Waals surface area contributed by atoms with E-state index in [1.807, 2.05) is 0 Å². The summed E-state index contributed by atoms with van der Waals surface area (Å²) in [5.74, 6) is -5.01. The summed E-state index contributed by atoms with van der Waals surface area (Å²) in [6.07, 6.45) is -5.07. The fourth-order valence-corrected chi connectivity index (χ4v) is 6.29. The average Bonchev–Trinajstić information content (AvgIpc) is 3.44. The van der Waals surface area contributed by atoms with Crippen LogP contribution in [0.1, 0.15) is 55.4 Å². The highest BCUT2D eigenvalue weighted by Gasteiger charge is 2.65. The molecule has 5 rings (SSSR count). The summed E-state index contributed by atoms with van der Waals surface area (Å²) in [4.78, 5) is 12.4. The van der Waals surface area contributed by atoms with Crippen LogP contribution in [0, 0.1) is 16.0 Å². The Morgan fingerprint density at radius 3 is 1.90 bits per heavy atom. The second kappa shape index (κ2) is 9.81. The van der Waals surface area contributed by atoms with Crippen LogP contribution in [0.3, 0.4) is 0 Å². The third kappa shape index (κ3) is 5.68. The van der Waals surface area contributed by atoms with Gasteiger partial charge in [0.05, 0.1) is 25.3 Å². The van der Waals surface area contributed by atoms with E-state index in [0.717, 1.165) is 6.21 Å². The molecule has 10 atom stereocenters. The summed E-state index contributed by atoms with van der Waals surface area (Å²) in [5, 5.41) is 25.7. The molecule has 0 radical (unpaired) electrons. The number of rotatable bonds is 6. The minimum absolute atomic E-state index is 0.144. The highest BCUT2D eigenvalue weighted by molar-refractivity contribution is 5.62. The van der Waals surface area contributed by atoms with Crippen LogP contribution in [0.4, 0.5) is 0 Å². The van der Waals surface area contributed by atoms with E-state index in [0.29, 0.717) is 0 Å². The zero-order valence-corrected chi connectivity index (χ0v) is 23.6. The van der Waals surface area contributed by atoms with Gasteiger partial charge in [0.25, 0.3) is 6.04 Å². The molecule has 5 aliphatic heterocycles. The van der Waals surface area contributed by atoms with Gasteiger partial charge < -0.3 is 47.8 Å². The fourth-order valence-electron chi connectivity index (χ4n) is 6.29. The Bertz CT molecular complexity index is 971. The van der Waals surface area contributed by atoms with E-state index in [1.165, 1.54) is 0 Å². The number of oxime groups is 1. The minimum atomic E-state index is -1.48. The molecule has 0 amide bonds. The van der Waals surface area contributed by atoms with E-state index in [-0.39, 0.29) is 13.2 Å². The zero-order chi connectivity index (χ0) is 28.5. The molecule has 5 fully saturated rings. The maximum atomic E-state index is 12.8. The lowest BCUT2D eigenvalue weighted by molar-refractivity contribution is -0.551. The van der Waals surface area contributed by atoms with E-state index >= 15 is 0 Å². The Kier molecular flexibility index (Phi) is 7.30. The molecule has 0 aromatic heterocycles. The van der Waals surface area contributed by atoms with E-state index in [2.05, 4.69) is 5.16 Å². The minimum Gasteiger partial charge on any atom is -0.411 e. The molecule has 0 aromatic carbocycles. The molecule has 5 aliphatic rings. The van der Waals surface area contributed by atoms with Gasteiger partial charge in [-0.1, -0.05) is 0 Å². The largest absolute Gasteiger partial charge is 0.411 e. The molecule has 0 bridgehead atoms. The van der Waals surface area contributed by atoms with Gasteiger partial charge in [-0.2, -0.15) is 0 Å². The van der Waals surface area contributed by atoms with Crippen molar-refractivity contribution < 1.29 is 52.8 Å². The van der Waals surface area contributed by atoms with Gasteiger partial charge in [-0.25, -0.2) is 0 Å². The van der Waals surface area contributed by atoms with Gasteiger partial charge in [0, 0.05) is 4.92 Å². The fraction of sp³-hybridized carbons (Fsp3) is 0.960.